The molecule has 0 aromatic carbocycles. The van der Waals surface area contributed by atoms with Gasteiger partial charge in [-0.3, -0.25) is 15.1 Å². The van der Waals surface area contributed by atoms with Crippen LogP contribution in [0.1, 0.15) is 29.4 Å². The number of ether oxygens (including phenoxy) is 1. The Bertz CT molecular complexity index is 496. The monoisotopic (exact) mass is 324 g/mol. The van der Waals surface area contributed by atoms with E-state index in [4.69, 9.17) is 0 Å². The number of nitro groups is 1. The molecule has 0 spiro atoms. The lowest BCUT2D eigenvalue weighted by Crippen LogP contribution is -2.13. The molecule has 18 heavy (non-hydrogen) atoms. The van der Waals surface area contributed by atoms with Gasteiger partial charge in [-0.05, 0) is 22.9 Å². The quantitative estimate of drug-likeness (QED) is 0.483. The molecule has 0 fully saturated rings. The molecule has 98 valence electrons. The minimum Gasteiger partial charge on any atom is -0.462 e. The van der Waals surface area contributed by atoms with Gasteiger partial charge in [0.25, 0.3) is 6.43 Å². The molecule has 0 saturated heterocycles. The summed E-state index contributed by atoms with van der Waals surface area (Å²) in [6, 6.07) is 0. The fourth-order valence-electron chi connectivity index (χ4n) is 1.24. The Morgan fingerprint density at radius 1 is 1.67 bits per heavy atom. The summed E-state index contributed by atoms with van der Waals surface area (Å²) in [4.78, 5) is 24.7. The number of hydrogen-bond donors (Lipinski definition) is 0. The number of carbonyl (C=O) groups excluding carboxylic acids is 1. The van der Waals surface area contributed by atoms with Gasteiger partial charge < -0.3 is 4.74 Å². The van der Waals surface area contributed by atoms with E-state index in [0.29, 0.717) is 0 Å². The van der Waals surface area contributed by atoms with Gasteiger partial charge >= 0.3 is 11.7 Å². The Labute approximate surface area is 108 Å². The van der Waals surface area contributed by atoms with E-state index in [1.54, 1.807) is 0 Å². The van der Waals surface area contributed by atoms with Gasteiger partial charge in [-0.15, -0.1) is 0 Å². The molecule has 1 aromatic heterocycles. The topological polar surface area (TPSA) is 82.3 Å². The Hall–Kier alpha value is -1.64. The van der Waals surface area contributed by atoms with Crippen LogP contribution < -0.4 is 0 Å². The number of carbonyl (C=O) groups is 1. The third-order valence-electron chi connectivity index (χ3n) is 1.90. The van der Waals surface area contributed by atoms with E-state index in [0.717, 1.165) is 6.20 Å². The highest BCUT2D eigenvalue weighted by molar-refractivity contribution is 9.10. The molecule has 6 nitrogen and oxygen atoms in total. The van der Waals surface area contributed by atoms with Crippen molar-refractivity contribution in [1.29, 1.82) is 0 Å². The predicted molar refractivity (Wildman–Crippen MR) is 59.5 cm³/mol. The van der Waals surface area contributed by atoms with Gasteiger partial charge in [0.2, 0.25) is 0 Å². The summed E-state index contributed by atoms with van der Waals surface area (Å²) >= 11 is 2.79. The summed E-state index contributed by atoms with van der Waals surface area (Å²) in [7, 11) is 0. The Balaban J connectivity index is 3.53. The maximum atomic E-state index is 12.7. The molecule has 0 bridgehead atoms. The van der Waals surface area contributed by atoms with Gasteiger partial charge in [0.05, 0.1) is 11.5 Å². The number of halogens is 3. The Morgan fingerprint density at radius 2 is 2.28 bits per heavy atom. The summed E-state index contributed by atoms with van der Waals surface area (Å²) in [6.07, 6.45) is -2.27. The van der Waals surface area contributed by atoms with Crippen molar-refractivity contribution in [2.75, 3.05) is 6.61 Å². The van der Waals surface area contributed by atoms with Crippen LogP contribution in [-0.2, 0) is 4.74 Å². The lowest BCUT2D eigenvalue weighted by atomic mass is 10.1. The van der Waals surface area contributed by atoms with Gasteiger partial charge in [-0.1, -0.05) is 0 Å². The van der Waals surface area contributed by atoms with E-state index >= 15 is 0 Å². The van der Waals surface area contributed by atoms with Crippen molar-refractivity contribution in [3.8, 4) is 0 Å². The first kappa shape index (κ1) is 14.4. The molecule has 0 amide bonds. The van der Waals surface area contributed by atoms with Crippen molar-refractivity contribution >= 4 is 27.6 Å². The van der Waals surface area contributed by atoms with Crippen LogP contribution in [0.4, 0.5) is 14.5 Å². The van der Waals surface area contributed by atoms with Crippen LogP contribution in [0.25, 0.3) is 0 Å². The first-order valence-electron chi connectivity index (χ1n) is 4.68. The number of hydrogen-bond acceptors (Lipinski definition) is 5. The van der Waals surface area contributed by atoms with E-state index in [1.807, 2.05) is 0 Å². The molecular formula is C9H7BrF2N2O4. The molecule has 1 aromatic rings. The van der Waals surface area contributed by atoms with Crippen LogP contribution in [-0.4, -0.2) is 22.5 Å². The maximum Gasteiger partial charge on any atom is 0.347 e. The molecule has 0 N–H and O–H groups in total. The molecule has 0 saturated carbocycles. The second kappa shape index (κ2) is 5.80. The SMILES string of the molecule is CCOC(=O)c1c(C(F)F)ncc(Br)c1[N+](=O)[O-]. The maximum absolute atomic E-state index is 12.7. The summed E-state index contributed by atoms with van der Waals surface area (Å²) in [5.74, 6) is -1.20. The first-order chi connectivity index (χ1) is 8.40. The number of esters is 1. The Morgan fingerprint density at radius 3 is 2.72 bits per heavy atom. The van der Waals surface area contributed by atoms with E-state index in [1.165, 1.54) is 6.92 Å². The van der Waals surface area contributed by atoms with Crippen molar-refractivity contribution in [3.63, 3.8) is 0 Å². The Kier molecular flexibility index (Phi) is 4.65. The number of alkyl halides is 2. The zero-order valence-electron chi connectivity index (χ0n) is 9.02. The van der Waals surface area contributed by atoms with E-state index in [-0.39, 0.29) is 11.1 Å². The van der Waals surface area contributed by atoms with Crippen molar-refractivity contribution in [3.05, 3.63) is 32.0 Å². The zero-order chi connectivity index (χ0) is 13.9. The van der Waals surface area contributed by atoms with Crippen LogP contribution in [0.2, 0.25) is 0 Å². The van der Waals surface area contributed by atoms with Gasteiger partial charge in [0.1, 0.15) is 10.2 Å². The highest BCUT2D eigenvalue weighted by Crippen LogP contribution is 2.34. The minimum atomic E-state index is -3.11. The van der Waals surface area contributed by atoms with Crippen LogP contribution in [0.15, 0.2) is 10.7 Å². The lowest BCUT2D eigenvalue weighted by Gasteiger charge is -2.08. The van der Waals surface area contributed by atoms with Crippen LogP contribution in [0, 0.1) is 10.1 Å². The molecule has 0 atom stereocenters. The van der Waals surface area contributed by atoms with Crippen molar-refractivity contribution in [1.82, 2.24) is 4.98 Å². The highest BCUT2D eigenvalue weighted by Gasteiger charge is 2.33. The van der Waals surface area contributed by atoms with E-state index in [2.05, 4.69) is 25.7 Å². The normalized spacial score (nSPS) is 10.5. The van der Waals surface area contributed by atoms with Crippen molar-refractivity contribution in [2.45, 2.75) is 13.3 Å². The fraction of sp³-hybridized carbons (Fsp3) is 0.333. The smallest absolute Gasteiger partial charge is 0.347 e. The average Bonchev–Trinajstić information content (AvgIpc) is 2.27. The van der Waals surface area contributed by atoms with E-state index < -0.39 is 34.3 Å². The van der Waals surface area contributed by atoms with Gasteiger partial charge in [0, 0.05) is 6.20 Å². The molecule has 0 radical (unpaired) electrons. The third kappa shape index (κ3) is 2.78. The van der Waals surface area contributed by atoms with Crippen molar-refractivity contribution < 1.29 is 23.2 Å². The molecule has 1 rings (SSSR count). The molecule has 9 heteroatoms. The molecule has 0 aliphatic heterocycles. The van der Waals surface area contributed by atoms with E-state index in [9.17, 15) is 23.7 Å². The third-order valence-corrected chi connectivity index (χ3v) is 2.49. The summed E-state index contributed by atoms with van der Waals surface area (Å²) < 4.78 is 29.8. The fourth-order valence-corrected chi connectivity index (χ4v) is 1.69. The summed E-state index contributed by atoms with van der Waals surface area (Å²) in [5, 5.41) is 10.8. The van der Waals surface area contributed by atoms with Crippen LogP contribution in [0.3, 0.4) is 0 Å². The minimum absolute atomic E-state index is 0.0921. The second-order valence-electron chi connectivity index (χ2n) is 2.99. The van der Waals surface area contributed by atoms with Crippen LogP contribution in [0.5, 0.6) is 0 Å². The molecule has 0 unspecified atom stereocenters. The molecule has 1 heterocycles. The summed E-state index contributed by atoms with van der Waals surface area (Å²) in [6.45, 7) is 1.36. The van der Waals surface area contributed by atoms with Crippen molar-refractivity contribution in [2.24, 2.45) is 0 Å². The van der Waals surface area contributed by atoms with Crippen LogP contribution >= 0.6 is 15.9 Å². The summed E-state index contributed by atoms with van der Waals surface area (Å²) in [5.41, 5.74) is -2.58. The van der Waals surface area contributed by atoms with Gasteiger partial charge in [-0.25, -0.2) is 13.6 Å². The first-order valence-corrected chi connectivity index (χ1v) is 5.47. The predicted octanol–water partition coefficient (Wildman–Crippen LogP) is 2.87. The lowest BCUT2D eigenvalue weighted by molar-refractivity contribution is -0.386. The van der Waals surface area contributed by atoms with Gasteiger partial charge in [-0.2, -0.15) is 0 Å². The second-order valence-corrected chi connectivity index (χ2v) is 3.85. The number of rotatable bonds is 4. The molecule has 0 aliphatic rings. The van der Waals surface area contributed by atoms with Gasteiger partial charge in [0.15, 0.2) is 5.56 Å². The number of nitrogens with zero attached hydrogens (tertiary/aromatic N) is 2. The zero-order valence-corrected chi connectivity index (χ0v) is 10.6. The average molecular weight is 325 g/mol. The standard InChI is InChI=1S/C9H7BrF2N2O4/c1-2-18-9(15)5-6(8(11)12)13-3-4(10)7(5)14(16)17/h3,8H,2H2,1H3. The molecular weight excluding hydrogens is 318 g/mol. The number of pyridine rings is 1. The number of aromatic nitrogens is 1. The molecule has 0 aliphatic carbocycles. The highest BCUT2D eigenvalue weighted by atomic mass is 79.9. The largest absolute Gasteiger partial charge is 0.462 e.